The van der Waals surface area contributed by atoms with Gasteiger partial charge in [-0.15, -0.1) is 0 Å². The average molecular weight is 322 g/mol. The molecule has 0 atom stereocenters. The molecule has 0 aromatic carbocycles. The van der Waals surface area contributed by atoms with Crippen LogP contribution in [-0.4, -0.2) is 0 Å². The predicted octanol–water partition coefficient (Wildman–Crippen LogP) is 1.12. The van der Waals surface area contributed by atoms with Gasteiger partial charge < -0.3 is 9.78 Å². The molecule has 0 aliphatic heterocycles. The summed E-state index contributed by atoms with van der Waals surface area (Å²) in [5.74, 6) is 0.413. The summed E-state index contributed by atoms with van der Waals surface area (Å²) in [6, 6.07) is 3.44. The summed E-state index contributed by atoms with van der Waals surface area (Å²) in [6.45, 7) is 4.10. The van der Waals surface area contributed by atoms with Crippen molar-refractivity contribution in [3.8, 4) is 0 Å². The fourth-order valence-electron chi connectivity index (χ4n) is 0.784. The maximum atomic E-state index is 10.7. The molecular formula is C8H10NORe-. The smallest absolute Gasteiger partial charge is 0.0778 e. The Kier molecular flexibility index (Phi) is 4.32. The number of rotatable bonds is 1. The van der Waals surface area contributed by atoms with E-state index in [1.54, 1.807) is 12.3 Å². The molecule has 1 aromatic heterocycles. The Hall–Kier alpha value is -0.388. The second-order valence-electron chi connectivity index (χ2n) is 2.58. The molecule has 0 unspecified atom stereocenters. The molecule has 3 heteroatoms. The van der Waals surface area contributed by atoms with E-state index >= 15 is 0 Å². The Morgan fingerprint density at radius 1 is 1.45 bits per heavy atom. The molecule has 0 spiro atoms. The third-order valence-electron chi connectivity index (χ3n) is 1.43. The number of nitrogens with zero attached hydrogens (tertiary/aromatic N) is 1. The van der Waals surface area contributed by atoms with Crippen molar-refractivity contribution in [1.29, 1.82) is 0 Å². The van der Waals surface area contributed by atoms with Crippen molar-refractivity contribution >= 4 is 0 Å². The van der Waals surface area contributed by atoms with Gasteiger partial charge in [0, 0.05) is 20.4 Å². The summed E-state index contributed by atoms with van der Waals surface area (Å²) >= 11 is 0. The largest absolute Gasteiger partial charge is 0.629 e. The van der Waals surface area contributed by atoms with E-state index in [-0.39, 0.29) is 26.0 Å². The van der Waals surface area contributed by atoms with Gasteiger partial charge in [0.1, 0.15) is 0 Å². The molecule has 1 heterocycles. The number of hydrogen-bond acceptors (Lipinski definition) is 1. The van der Waals surface area contributed by atoms with E-state index in [2.05, 4.69) is 18.8 Å². The van der Waals surface area contributed by atoms with Crippen LogP contribution in [0, 0.1) is 0 Å². The van der Waals surface area contributed by atoms with E-state index in [1.165, 1.54) is 0 Å². The summed E-state index contributed by atoms with van der Waals surface area (Å²) in [7, 11) is 0. The topological polar surface area (TPSA) is 31.2 Å². The minimum absolute atomic E-state index is 0. The molecule has 0 fully saturated rings. The molecule has 61 valence electrons. The van der Waals surface area contributed by atoms with Crippen LogP contribution in [0.1, 0.15) is 25.3 Å². The van der Waals surface area contributed by atoms with Gasteiger partial charge in [-0.25, -0.2) is 0 Å². The van der Waals surface area contributed by atoms with Gasteiger partial charge in [0.05, 0.1) is 5.56 Å². The van der Waals surface area contributed by atoms with Crippen molar-refractivity contribution in [2.45, 2.75) is 19.8 Å². The molecule has 0 N–H and O–H groups in total. The van der Waals surface area contributed by atoms with Gasteiger partial charge in [-0.3, -0.25) is 0 Å². The van der Waals surface area contributed by atoms with E-state index in [4.69, 9.17) is 0 Å². The molecule has 0 bridgehead atoms. The predicted molar refractivity (Wildman–Crippen MR) is 40.1 cm³/mol. The quantitative estimate of drug-likeness (QED) is 0.776. The van der Waals surface area contributed by atoms with Crippen molar-refractivity contribution in [3.05, 3.63) is 34.2 Å². The fraction of sp³-hybridized carbons (Fsp3) is 0.375. The van der Waals surface area contributed by atoms with Gasteiger partial charge in [0.25, 0.3) is 0 Å². The molecule has 1 rings (SSSR count). The minimum Gasteiger partial charge on any atom is -0.629 e. The number of hydrogen-bond donors (Lipinski definition) is 0. The average Bonchev–Trinajstić information content (AvgIpc) is 1.88. The first kappa shape index (κ1) is 10.6. The fourth-order valence-corrected chi connectivity index (χ4v) is 0.784. The van der Waals surface area contributed by atoms with Crippen LogP contribution in [-0.2, 0) is 20.4 Å². The van der Waals surface area contributed by atoms with E-state index in [1.807, 2.05) is 6.07 Å². The van der Waals surface area contributed by atoms with Crippen LogP contribution >= 0.6 is 0 Å². The SMILES string of the molecule is CC(C)c1cc[n-]c(=O)c1.[Re]. The van der Waals surface area contributed by atoms with Gasteiger partial charge >= 0.3 is 0 Å². The molecule has 0 aliphatic carbocycles. The first-order valence-corrected chi connectivity index (χ1v) is 3.33. The van der Waals surface area contributed by atoms with E-state index in [0.29, 0.717) is 5.92 Å². The van der Waals surface area contributed by atoms with Crippen molar-refractivity contribution in [2.75, 3.05) is 0 Å². The van der Waals surface area contributed by atoms with Gasteiger partial charge in [-0.1, -0.05) is 19.9 Å². The molecular weight excluding hydrogens is 312 g/mol. The van der Waals surface area contributed by atoms with E-state index < -0.39 is 0 Å². The maximum Gasteiger partial charge on any atom is 0.0778 e. The summed E-state index contributed by atoms with van der Waals surface area (Å²) in [4.78, 5) is 14.3. The molecule has 11 heavy (non-hydrogen) atoms. The summed E-state index contributed by atoms with van der Waals surface area (Å²) in [5.41, 5.74) is 0.909. The summed E-state index contributed by atoms with van der Waals surface area (Å²) in [6.07, 6.45) is 1.55. The van der Waals surface area contributed by atoms with Crippen LogP contribution < -0.4 is 10.5 Å². The van der Waals surface area contributed by atoms with Gasteiger partial charge in [-0.2, -0.15) is 6.20 Å². The van der Waals surface area contributed by atoms with Crippen molar-refractivity contribution in [1.82, 2.24) is 4.98 Å². The van der Waals surface area contributed by atoms with Crippen molar-refractivity contribution in [3.63, 3.8) is 0 Å². The minimum atomic E-state index is -0.147. The number of pyridine rings is 1. The van der Waals surface area contributed by atoms with Crippen LogP contribution in [0.15, 0.2) is 23.1 Å². The standard InChI is InChI=1S/C8H11NO.Re/c1-6(2)7-3-4-9-8(10)5-7;/h3-6H,1-2H3,(H,9,10);/p-1. The van der Waals surface area contributed by atoms with Crippen LogP contribution in [0.25, 0.3) is 0 Å². The zero-order valence-corrected chi connectivity index (χ0v) is 9.26. The third kappa shape index (κ3) is 3.01. The third-order valence-corrected chi connectivity index (χ3v) is 1.43. The molecule has 1 radical (unpaired) electrons. The van der Waals surface area contributed by atoms with Crippen LogP contribution in [0.5, 0.6) is 0 Å². The Balaban J connectivity index is 0.000001000. The second-order valence-corrected chi connectivity index (χ2v) is 2.58. The van der Waals surface area contributed by atoms with Crippen LogP contribution in [0.4, 0.5) is 0 Å². The van der Waals surface area contributed by atoms with E-state index in [0.717, 1.165) is 5.56 Å². The zero-order chi connectivity index (χ0) is 7.56. The normalized spacial score (nSPS) is 9.36. The van der Waals surface area contributed by atoms with Crippen LogP contribution in [0.2, 0.25) is 0 Å². The van der Waals surface area contributed by atoms with Gasteiger partial charge in [-0.05, 0) is 17.5 Å². The Morgan fingerprint density at radius 3 is 2.45 bits per heavy atom. The molecule has 0 saturated carbocycles. The first-order chi connectivity index (χ1) is 4.70. The monoisotopic (exact) mass is 323 g/mol. The Labute approximate surface area is 79.7 Å². The molecule has 2 nitrogen and oxygen atoms in total. The Bertz CT molecular complexity index is 267. The van der Waals surface area contributed by atoms with Gasteiger partial charge in [0.2, 0.25) is 0 Å². The van der Waals surface area contributed by atoms with E-state index in [9.17, 15) is 4.79 Å². The van der Waals surface area contributed by atoms with Gasteiger partial charge in [0.15, 0.2) is 0 Å². The molecule has 0 aliphatic rings. The molecule has 0 amide bonds. The second kappa shape index (κ2) is 4.48. The maximum absolute atomic E-state index is 10.7. The first-order valence-electron chi connectivity index (χ1n) is 3.33. The molecule has 0 saturated heterocycles. The number of aromatic nitrogens is 1. The Morgan fingerprint density at radius 2 is 2.09 bits per heavy atom. The zero-order valence-electron chi connectivity index (χ0n) is 6.54. The van der Waals surface area contributed by atoms with Crippen molar-refractivity contribution < 1.29 is 20.4 Å². The summed E-state index contributed by atoms with van der Waals surface area (Å²) in [5, 5.41) is 0. The van der Waals surface area contributed by atoms with Crippen molar-refractivity contribution in [2.24, 2.45) is 0 Å². The molecule has 1 aromatic rings. The summed E-state index contributed by atoms with van der Waals surface area (Å²) < 4.78 is 0. The van der Waals surface area contributed by atoms with Crippen LogP contribution in [0.3, 0.4) is 0 Å².